The zero-order chi connectivity index (χ0) is 17.9. The number of unbranched alkanes of at least 4 members (excludes halogenated alkanes) is 2. The van der Waals surface area contributed by atoms with E-state index in [4.69, 9.17) is 17.2 Å². The molecule has 1 aromatic rings. The second-order valence-electron chi connectivity index (χ2n) is 5.55. The van der Waals surface area contributed by atoms with Gasteiger partial charge in [0.1, 0.15) is 0 Å². The fourth-order valence-corrected chi connectivity index (χ4v) is 2.16. The molecule has 6 N–H and O–H groups in total. The van der Waals surface area contributed by atoms with Gasteiger partial charge in [-0.3, -0.25) is 4.79 Å². The summed E-state index contributed by atoms with van der Waals surface area (Å²) in [6, 6.07) is 6.93. The van der Waals surface area contributed by atoms with Gasteiger partial charge in [-0.25, -0.2) is 4.99 Å². The minimum atomic E-state index is -0.148. The van der Waals surface area contributed by atoms with Gasteiger partial charge in [0, 0.05) is 18.7 Å². The molecule has 7 heteroatoms. The largest absolute Gasteiger partial charge is 0.370 e. The van der Waals surface area contributed by atoms with E-state index in [-0.39, 0.29) is 17.8 Å². The molecule has 0 fully saturated rings. The molecule has 24 heavy (non-hydrogen) atoms. The van der Waals surface area contributed by atoms with E-state index in [0.29, 0.717) is 11.3 Å². The van der Waals surface area contributed by atoms with Crippen LogP contribution in [-0.4, -0.2) is 35.8 Å². The van der Waals surface area contributed by atoms with Gasteiger partial charge in [0.15, 0.2) is 5.96 Å². The number of carbonyl (C=O) groups excluding carboxylic acids is 1. The third-order valence-electron chi connectivity index (χ3n) is 3.45. The average Bonchev–Trinajstić information content (AvgIpc) is 2.54. The smallest absolute Gasteiger partial charge is 0.253 e. The second-order valence-corrected chi connectivity index (χ2v) is 5.55. The van der Waals surface area contributed by atoms with Gasteiger partial charge < -0.3 is 22.1 Å². The molecule has 0 saturated carbocycles. The van der Waals surface area contributed by atoms with Crippen molar-refractivity contribution in [2.45, 2.75) is 39.5 Å². The minimum absolute atomic E-state index is 0.0263. The van der Waals surface area contributed by atoms with Crippen molar-refractivity contribution in [1.29, 1.82) is 0 Å². The second kappa shape index (κ2) is 10.3. The number of nitrogens with zero attached hydrogens (tertiary/aromatic N) is 3. The Kier molecular flexibility index (Phi) is 8.32. The van der Waals surface area contributed by atoms with Crippen LogP contribution in [0.1, 0.15) is 49.9 Å². The molecular formula is C17H28N6O. The number of hydrogen-bond acceptors (Lipinski definition) is 2. The van der Waals surface area contributed by atoms with Gasteiger partial charge in [0.2, 0.25) is 5.96 Å². The molecule has 132 valence electrons. The quantitative estimate of drug-likeness (QED) is 0.497. The molecule has 0 heterocycles. The highest BCUT2D eigenvalue weighted by molar-refractivity contribution is 5.95. The molecule has 1 aromatic carbocycles. The number of rotatable bonds is 8. The van der Waals surface area contributed by atoms with Crippen LogP contribution in [0.3, 0.4) is 0 Å². The Morgan fingerprint density at radius 2 is 1.54 bits per heavy atom. The maximum atomic E-state index is 12.6. The van der Waals surface area contributed by atoms with Crippen LogP contribution >= 0.6 is 0 Å². The van der Waals surface area contributed by atoms with Crippen LogP contribution < -0.4 is 17.2 Å². The van der Waals surface area contributed by atoms with Gasteiger partial charge >= 0.3 is 0 Å². The normalized spacial score (nSPS) is 11.2. The summed E-state index contributed by atoms with van der Waals surface area (Å²) >= 11 is 0. The molecule has 0 aliphatic heterocycles. The van der Waals surface area contributed by atoms with E-state index in [1.807, 2.05) is 4.90 Å². The lowest BCUT2D eigenvalue weighted by molar-refractivity contribution is 0.0751. The molecule has 0 spiro atoms. The Morgan fingerprint density at radius 1 is 1.00 bits per heavy atom. The lowest BCUT2D eigenvalue weighted by Gasteiger charge is -2.22. The third-order valence-corrected chi connectivity index (χ3v) is 3.45. The first-order valence-electron chi connectivity index (χ1n) is 8.31. The number of aliphatic imine (C=N–C) groups is 2. The minimum Gasteiger partial charge on any atom is -0.370 e. The number of benzene rings is 1. The average molecular weight is 332 g/mol. The zero-order valence-electron chi connectivity index (χ0n) is 14.5. The number of hydrogen-bond donors (Lipinski definition) is 3. The van der Waals surface area contributed by atoms with Crippen molar-refractivity contribution >= 4 is 23.5 Å². The summed E-state index contributed by atoms with van der Waals surface area (Å²) in [6.07, 6.45) is 4.14. The van der Waals surface area contributed by atoms with E-state index in [1.165, 1.54) is 0 Å². The van der Waals surface area contributed by atoms with Crippen molar-refractivity contribution in [3.63, 3.8) is 0 Å². The highest BCUT2D eigenvalue weighted by atomic mass is 16.2. The van der Waals surface area contributed by atoms with Gasteiger partial charge in [-0.15, -0.1) is 0 Å². The van der Waals surface area contributed by atoms with E-state index in [2.05, 4.69) is 23.8 Å². The van der Waals surface area contributed by atoms with E-state index in [0.717, 1.165) is 38.8 Å². The van der Waals surface area contributed by atoms with Crippen LogP contribution in [0.4, 0.5) is 5.69 Å². The maximum absolute atomic E-state index is 12.6. The van der Waals surface area contributed by atoms with Crippen molar-refractivity contribution in [1.82, 2.24) is 4.90 Å². The predicted octanol–water partition coefficient (Wildman–Crippen LogP) is 1.95. The summed E-state index contributed by atoms with van der Waals surface area (Å²) in [5, 5.41) is 0. The molecular weight excluding hydrogens is 304 g/mol. The van der Waals surface area contributed by atoms with Crippen LogP contribution in [-0.2, 0) is 0 Å². The lowest BCUT2D eigenvalue weighted by Crippen LogP contribution is -2.32. The highest BCUT2D eigenvalue weighted by Gasteiger charge is 2.14. The van der Waals surface area contributed by atoms with Crippen LogP contribution in [0, 0.1) is 0 Å². The standard InChI is InChI=1S/C17H28N6O/c1-3-5-11-23(12-6-4-2)15(24)13-7-9-14(10-8-13)21-17(20)22-16(18)19/h7-10H,3-6,11-12H2,1-2H3,(H6,18,19,20,21,22). The SMILES string of the molecule is CCCCN(CCCC)C(=O)c1ccc(N=C(N)N=C(N)N)cc1. The Balaban J connectivity index is 2.85. The topological polar surface area (TPSA) is 123 Å². The predicted molar refractivity (Wildman–Crippen MR) is 99.3 cm³/mol. The molecule has 0 aromatic heterocycles. The first-order valence-corrected chi connectivity index (χ1v) is 8.31. The Labute approximate surface area is 143 Å². The number of carbonyl (C=O) groups is 1. The highest BCUT2D eigenvalue weighted by Crippen LogP contribution is 2.15. The van der Waals surface area contributed by atoms with Crippen LogP contribution in [0.15, 0.2) is 34.3 Å². The van der Waals surface area contributed by atoms with Gasteiger partial charge in [0.05, 0.1) is 5.69 Å². The molecule has 7 nitrogen and oxygen atoms in total. The van der Waals surface area contributed by atoms with Crippen LogP contribution in [0.25, 0.3) is 0 Å². The maximum Gasteiger partial charge on any atom is 0.253 e. The fourth-order valence-electron chi connectivity index (χ4n) is 2.16. The molecule has 1 amide bonds. The van der Waals surface area contributed by atoms with E-state index < -0.39 is 0 Å². The van der Waals surface area contributed by atoms with Gasteiger partial charge in [0.25, 0.3) is 5.91 Å². The van der Waals surface area contributed by atoms with Gasteiger partial charge in [-0.2, -0.15) is 4.99 Å². The summed E-state index contributed by atoms with van der Waals surface area (Å²) in [5.74, 6) is -0.128. The van der Waals surface area contributed by atoms with Crippen LogP contribution in [0.5, 0.6) is 0 Å². The third kappa shape index (κ3) is 6.68. The number of guanidine groups is 2. The molecule has 0 bridgehead atoms. The Hall–Kier alpha value is -2.57. The Bertz CT molecular complexity index is 567. The molecule has 0 atom stereocenters. The van der Waals surface area contributed by atoms with Gasteiger partial charge in [-0.05, 0) is 37.1 Å². The van der Waals surface area contributed by atoms with Crippen LogP contribution in [0.2, 0.25) is 0 Å². The molecule has 1 rings (SSSR count). The summed E-state index contributed by atoms with van der Waals surface area (Å²) in [6.45, 7) is 5.81. The monoisotopic (exact) mass is 332 g/mol. The number of nitrogens with two attached hydrogens (primary N) is 3. The van der Waals surface area contributed by atoms with Crippen molar-refractivity contribution in [2.75, 3.05) is 13.1 Å². The summed E-state index contributed by atoms with van der Waals surface area (Å²) in [7, 11) is 0. The Morgan fingerprint density at radius 3 is 2.00 bits per heavy atom. The van der Waals surface area contributed by atoms with Gasteiger partial charge in [-0.1, -0.05) is 26.7 Å². The molecule has 0 saturated heterocycles. The van der Waals surface area contributed by atoms with E-state index >= 15 is 0 Å². The summed E-state index contributed by atoms with van der Waals surface area (Å²) in [5.41, 5.74) is 17.3. The van der Waals surface area contributed by atoms with E-state index in [1.54, 1.807) is 24.3 Å². The first-order chi connectivity index (χ1) is 11.5. The molecule has 0 radical (unpaired) electrons. The first kappa shape index (κ1) is 19.5. The fraction of sp³-hybridized carbons (Fsp3) is 0.471. The lowest BCUT2D eigenvalue weighted by atomic mass is 10.1. The van der Waals surface area contributed by atoms with Crippen molar-refractivity contribution < 1.29 is 4.79 Å². The number of amides is 1. The molecule has 0 unspecified atom stereocenters. The van der Waals surface area contributed by atoms with Crippen molar-refractivity contribution in [3.05, 3.63) is 29.8 Å². The molecule has 0 aliphatic carbocycles. The molecule has 0 aliphatic rings. The van der Waals surface area contributed by atoms with Crippen molar-refractivity contribution in [3.8, 4) is 0 Å². The zero-order valence-corrected chi connectivity index (χ0v) is 14.5. The summed E-state index contributed by atoms with van der Waals surface area (Å²) < 4.78 is 0. The van der Waals surface area contributed by atoms with Crippen molar-refractivity contribution in [2.24, 2.45) is 27.2 Å². The van der Waals surface area contributed by atoms with E-state index in [9.17, 15) is 4.79 Å². The summed E-state index contributed by atoms with van der Waals surface area (Å²) in [4.78, 5) is 22.3.